The molecular weight excluding hydrogens is 300 g/mol. The third-order valence-electron chi connectivity index (χ3n) is 3.36. The Balaban J connectivity index is 1.73. The van der Waals surface area contributed by atoms with Gasteiger partial charge < -0.3 is 15.3 Å². The summed E-state index contributed by atoms with van der Waals surface area (Å²) in [6.07, 6.45) is 1.73. The Morgan fingerprint density at radius 2 is 1.91 bits per heavy atom. The van der Waals surface area contributed by atoms with Crippen molar-refractivity contribution in [3.05, 3.63) is 42.1 Å². The zero-order chi connectivity index (χ0) is 15.4. The highest BCUT2D eigenvalue weighted by atomic mass is 32.2. The van der Waals surface area contributed by atoms with Crippen LogP contribution in [0, 0.1) is 0 Å². The smallest absolute Gasteiger partial charge is 0.335 e. The van der Waals surface area contributed by atoms with Crippen LogP contribution in [0.15, 0.2) is 36.5 Å². The number of aromatic carboxylic acids is 1. The molecule has 1 saturated heterocycles. The highest BCUT2D eigenvalue weighted by Crippen LogP contribution is 2.19. The summed E-state index contributed by atoms with van der Waals surface area (Å²) < 4.78 is 0. The van der Waals surface area contributed by atoms with E-state index in [4.69, 9.17) is 5.11 Å². The quantitative estimate of drug-likeness (QED) is 0.897. The third-order valence-corrected chi connectivity index (χ3v) is 4.31. The SMILES string of the molecule is O=C(O)c1ccc(Nc2nccc(N3CCSCC3)n2)cc1. The van der Waals surface area contributed by atoms with Gasteiger partial charge in [0.05, 0.1) is 5.56 Å². The zero-order valence-corrected chi connectivity index (χ0v) is 12.7. The van der Waals surface area contributed by atoms with Gasteiger partial charge >= 0.3 is 5.97 Å². The number of carboxylic acid groups (broad SMARTS) is 1. The molecule has 0 saturated carbocycles. The van der Waals surface area contributed by atoms with Crippen LogP contribution >= 0.6 is 11.8 Å². The monoisotopic (exact) mass is 316 g/mol. The molecule has 0 atom stereocenters. The number of rotatable bonds is 4. The maximum absolute atomic E-state index is 10.8. The van der Waals surface area contributed by atoms with Crippen LogP contribution in [0.1, 0.15) is 10.4 Å². The molecule has 22 heavy (non-hydrogen) atoms. The van der Waals surface area contributed by atoms with Crippen molar-refractivity contribution in [3.8, 4) is 0 Å². The molecule has 1 aromatic carbocycles. The highest BCUT2D eigenvalue weighted by Gasteiger charge is 2.13. The van der Waals surface area contributed by atoms with E-state index in [0.29, 0.717) is 5.95 Å². The normalized spacial score (nSPS) is 14.6. The Morgan fingerprint density at radius 1 is 1.18 bits per heavy atom. The lowest BCUT2D eigenvalue weighted by molar-refractivity contribution is 0.0697. The summed E-state index contributed by atoms with van der Waals surface area (Å²) in [5.41, 5.74) is 1.02. The van der Waals surface area contributed by atoms with Crippen molar-refractivity contribution in [2.24, 2.45) is 0 Å². The summed E-state index contributed by atoms with van der Waals surface area (Å²) in [6.45, 7) is 1.99. The Morgan fingerprint density at radius 3 is 2.59 bits per heavy atom. The molecular formula is C15H16N4O2S. The molecule has 0 radical (unpaired) electrons. The van der Waals surface area contributed by atoms with Crippen molar-refractivity contribution < 1.29 is 9.90 Å². The fraction of sp³-hybridized carbons (Fsp3) is 0.267. The lowest BCUT2D eigenvalue weighted by atomic mass is 10.2. The molecule has 0 amide bonds. The average molecular weight is 316 g/mol. The van der Waals surface area contributed by atoms with Gasteiger partial charge in [0, 0.05) is 36.5 Å². The number of carboxylic acids is 1. The minimum atomic E-state index is -0.937. The first-order valence-corrected chi connectivity index (χ1v) is 8.14. The largest absolute Gasteiger partial charge is 0.478 e. The van der Waals surface area contributed by atoms with Crippen molar-refractivity contribution in [1.82, 2.24) is 9.97 Å². The molecule has 2 aromatic rings. The van der Waals surface area contributed by atoms with E-state index < -0.39 is 5.97 Å². The molecule has 1 aliphatic heterocycles. The van der Waals surface area contributed by atoms with E-state index in [1.165, 1.54) is 0 Å². The molecule has 1 fully saturated rings. The van der Waals surface area contributed by atoms with E-state index in [0.717, 1.165) is 36.1 Å². The molecule has 0 aliphatic carbocycles. The first-order chi connectivity index (χ1) is 10.7. The predicted molar refractivity (Wildman–Crippen MR) is 88.3 cm³/mol. The van der Waals surface area contributed by atoms with E-state index in [9.17, 15) is 4.79 Å². The van der Waals surface area contributed by atoms with Crippen molar-refractivity contribution in [1.29, 1.82) is 0 Å². The van der Waals surface area contributed by atoms with Crippen LogP contribution in [0.3, 0.4) is 0 Å². The van der Waals surface area contributed by atoms with E-state index in [1.54, 1.807) is 30.5 Å². The van der Waals surface area contributed by atoms with Gasteiger partial charge in [-0.25, -0.2) is 9.78 Å². The van der Waals surface area contributed by atoms with Crippen molar-refractivity contribution in [2.75, 3.05) is 34.8 Å². The van der Waals surface area contributed by atoms with Crippen LogP contribution in [0.25, 0.3) is 0 Å². The minimum absolute atomic E-state index is 0.256. The number of benzene rings is 1. The molecule has 2 heterocycles. The van der Waals surface area contributed by atoms with Crippen molar-refractivity contribution >= 4 is 35.2 Å². The Hall–Kier alpha value is -2.28. The molecule has 0 spiro atoms. The van der Waals surface area contributed by atoms with Gasteiger partial charge in [0.2, 0.25) is 5.95 Å². The molecule has 2 N–H and O–H groups in total. The number of carbonyl (C=O) groups is 1. The second-order valence-corrected chi connectivity index (χ2v) is 6.07. The number of nitrogens with one attached hydrogen (secondary N) is 1. The van der Waals surface area contributed by atoms with Gasteiger partial charge in [-0.15, -0.1) is 0 Å². The molecule has 3 rings (SSSR count). The van der Waals surface area contributed by atoms with Crippen LogP contribution in [0.2, 0.25) is 0 Å². The Bertz CT molecular complexity index is 657. The first-order valence-electron chi connectivity index (χ1n) is 6.98. The predicted octanol–water partition coefficient (Wildman–Crippen LogP) is 2.47. The summed E-state index contributed by atoms with van der Waals surface area (Å²) in [7, 11) is 0. The van der Waals surface area contributed by atoms with E-state index in [2.05, 4.69) is 20.2 Å². The second kappa shape index (κ2) is 6.65. The topological polar surface area (TPSA) is 78.3 Å². The van der Waals surface area contributed by atoms with Gasteiger partial charge in [-0.1, -0.05) is 0 Å². The maximum Gasteiger partial charge on any atom is 0.335 e. The maximum atomic E-state index is 10.8. The van der Waals surface area contributed by atoms with Crippen LogP contribution in [0.5, 0.6) is 0 Å². The van der Waals surface area contributed by atoms with Crippen LogP contribution in [-0.4, -0.2) is 45.6 Å². The number of hydrogen-bond donors (Lipinski definition) is 2. The summed E-state index contributed by atoms with van der Waals surface area (Å²) in [5, 5.41) is 12.0. The number of anilines is 3. The van der Waals surface area contributed by atoms with Crippen LogP contribution in [0.4, 0.5) is 17.5 Å². The fourth-order valence-corrected chi connectivity index (χ4v) is 3.11. The van der Waals surface area contributed by atoms with Gasteiger partial charge in [-0.2, -0.15) is 16.7 Å². The molecule has 7 heteroatoms. The number of nitrogens with zero attached hydrogens (tertiary/aromatic N) is 3. The van der Waals surface area contributed by atoms with E-state index >= 15 is 0 Å². The minimum Gasteiger partial charge on any atom is -0.478 e. The van der Waals surface area contributed by atoms with Gasteiger partial charge in [-0.3, -0.25) is 0 Å². The van der Waals surface area contributed by atoms with Crippen LogP contribution < -0.4 is 10.2 Å². The van der Waals surface area contributed by atoms with Gasteiger partial charge in [0.1, 0.15) is 5.82 Å². The molecule has 0 unspecified atom stereocenters. The summed E-state index contributed by atoms with van der Waals surface area (Å²) in [4.78, 5) is 21.8. The Labute approximate surface area is 132 Å². The van der Waals surface area contributed by atoms with E-state index in [1.807, 2.05) is 17.8 Å². The zero-order valence-electron chi connectivity index (χ0n) is 11.9. The number of thioether (sulfide) groups is 1. The van der Waals surface area contributed by atoms with E-state index in [-0.39, 0.29) is 5.56 Å². The number of hydrogen-bond acceptors (Lipinski definition) is 6. The summed E-state index contributed by atoms with van der Waals surface area (Å²) in [6, 6.07) is 8.43. The second-order valence-electron chi connectivity index (χ2n) is 4.85. The Kier molecular flexibility index (Phi) is 4.43. The van der Waals surface area contributed by atoms with Gasteiger partial charge in [-0.05, 0) is 30.3 Å². The summed E-state index contributed by atoms with van der Waals surface area (Å²) in [5.74, 6) is 2.72. The van der Waals surface area contributed by atoms with Gasteiger partial charge in [0.15, 0.2) is 0 Å². The molecule has 1 aromatic heterocycles. The van der Waals surface area contributed by atoms with Crippen LogP contribution in [-0.2, 0) is 0 Å². The summed E-state index contributed by atoms with van der Waals surface area (Å²) >= 11 is 1.96. The van der Waals surface area contributed by atoms with Crippen molar-refractivity contribution in [2.45, 2.75) is 0 Å². The lowest BCUT2D eigenvalue weighted by Gasteiger charge is -2.27. The van der Waals surface area contributed by atoms with Gasteiger partial charge in [0.25, 0.3) is 0 Å². The highest BCUT2D eigenvalue weighted by molar-refractivity contribution is 7.99. The number of aromatic nitrogens is 2. The molecule has 6 nitrogen and oxygen atoms in total. The van der Waals surface area contributed by atoms with Crippen molar-refractivity contribution in [3.63, 3.8) is 0 Å². The lowest BCUT2D eigenvalue weighted by Crippen LogP contribution is -2.33. The fourth-order valence-electron chi connectivity index (χ4n) is 2.20. The molecule has 1 aliphatic rings. The standard InChI is InChI=1S/C15H16N4O2S/c20-14(21)11-1-3-12(4-2-11)17-15-16-6-5-13(18-15)19-7-9-22-10-8-19/h1-6H,7-10H2,(H,20,21)(H,16,17,18). The average Bonchev–Trinajstić information content (AvgIpc) is 2.56. The first kappa shape index (κ1) is 14.6. The molecule has 114 valence electrons. The molecule has 0 bridgehead atoms. The third kappa shape index (κ3) is 3.48.